The smallest absolute Gasteiger partial charge is 0.255 e. The number of benzene rings is 1. The minimum Gasteiger partial charge on any atom is -0.492 e. The molecule has 0 fully saturated rings. The highest BCUT2D eigenvalue weighted by molar-refractivity contribution is 5.97. The molecule has 1 N–H and O–H groups in total. The van der Waals surface area contributed by atoms with E-state index in [0.717, 1.165) is 29.9 Å². The molecule has 1 aromatic heterocycles. The van der Waals surface area contributed by atoms with Crippen LogP contribution < -0.4 is 10.1 Å². The van der Waals surface area contributed by atoms with Crippen LogP contribution >= 0.6 is 0 Å². The largest absolute Gasteiger partial charge is 0.492 e. The highest BCUT2D eigenvalue weighted by atomic mass is 16.5. The second kappa shape index (κ2) is 6.22. The van der Waals surface area contributed by atoms with Gasteiger partial charge in [-0.2, -0.15) is 0 Å². The molecule has 0 radical (unpaired) electrons. The Kier molecular flexibility index (Phi) is 4.13. The van der Waals surface area contributed by atoms with Gasteiger partial charge in [0.1, 0.15) is 17.2 Å². The zero-order valence-corrected chi connectivity index (χ0v) is 12.9. The summed E-state index contributed by atoms with van der Waals surface area (Å²) in [4.78, 5) is 12.3. The summed E-state index contributed by atoms with van der Waals surface area (Å²) >= 11 is 0. The summed E-state index contributed by atoms with van der Waals surface area (Å²) in [6, 6.07) is 7.56. The van der Waals surface area contributed by atoms with Crippen LogP contribution in [0.3, 0.4) is 0 Å². The molecule has 0 atom stereocenters. The number of ether oxygens (including phenoxy) is 1. The van der Waals surface area contributed by atoms with Crippen molar-refractivity contribution in [2.24, 2.45) is 5.92 Å². The van der Waals surface area contributed by atoms with Crippen LogP contribution in [-0.4, -0.2) is 17.7 Å². The number of nitrogens with zero attached hydrogens (tertiary/aromatic N) is 1. The summed E-state index contributed by atoms with van der Waals surface area (Å²) in [5, 5.41) is 6.86. The fraction of sp³-hybridized carbons (Fsp3) is 0.412. The predicted octanol–water partition coefficient (Wildman–Crippen LogP) is 2.74. The SMILES string of the molecule is CC(C)Cc1cc(CNC(=O)c2cccc3c2OCC3)no1. The first-order valence-electron chi connectivity index (χ1n) is 7.61. The van der Waals surface area contributed by atoms with Crippen molar-refractivity contribution in [3.8, 4) is 5.75 Å². The van der Waals surface area contributed by atoms with Gasteiger partial charge in [0.2, 0.25) is 0 Å². The quantitative estimate of drug-likeness (QED) is 0.922. The standard InChI is InChI=1S/C17H20N2O3/c1-11(2)8-14-9-13(19-22-14)10-18-17(20)15-5-3-4-12-6-7-21-16(12)15/h3-5,9,11H,6-8,10H2,1-2H3,(H,18,20). The maximum atomic E-state index is 12.3. The molecule has 2 aromatic rings. The van der Waals surface area contributed by atoms with E-state index in [4.69, 9.17) is 9.26 Å². The van der Waals surface area contributed by atoms with Crippen molar-refractivity contribution >= 4 is 5.91 Å². The number of nitrogens with one attached hydrogen (secondary N) is 1. The van der Waals surface area contributed by atoms with Gasteiger partial charge in [-0.15, -0.1) is 0 Å². The number of carbonyl (C=O) groups excluding carboxylic acids is 1. The van der Waals surface area contributed by atoms with Crippen LogP contribution in [0.2, 0.25) is 0 Å². The van der Waals surface area contributed by atoms with Crippen LogP contribution in [0.25, 0.3) is 0 Å². The third kappa shape index (κ3) is 3.13. The van der Waals surface area contributed by atoms with E-state index in [0.29, 0.717) is 30.4 Å². The molecule has 0 saturated carbocycles. The first kappa shape index (κ1) is 14.6. The highest BCUT2D eigenvalue weighted by Gasteiger charge is 2.20. The lowest BCUT2D eigenvalue weighted by atomic mass is 10.1. The third-order valence-electron chi connectivity index (χ3n) is 3.61. The van der Waals surface area contributed by atoms with Gasteiger partial charge >= 0.3 is 0 Å². The summed E-state index contributed by atoms with van der Waals surface area (Å²) in [5.74, 6) is 1.93. The fourth-order valence-corrected chi connectivity index (χ4v) is 2.60. The van der Waals surface area contributed by atoms with Crippen molar-refractivity contribution in [3.63, 3.8) is 0 Å². The van der Waals surface area contributed by atoms with E-state index in [1.807, 2.05) is 18.2 Å². The second-order valence-electron chi connectivity index (χ2n) is 5.96. The molecule has 0 aliphatic carbocycles. The normalized spacial score (nSPS) is 13.0. The predicted molar refractivity (Wildman–Crippen MR) is 81.9 cm³/mol. The molecule has 22 heavy (non-hydrogen) atoms. The van der Waals surface area contributed by atoms with Gasteiger partial charge in [-0.05, 0) is 17.5 Å². The molecule has 1 aliphatic heterocycles. The minimum atomic E-state index is -0.146. The van der Waals surface area contributed by atoms with Gasteiger partial charge < -0.3 is 14.6 Å². The van der Waals surface area contributed by atoms with E-state index in [2.05, 4.69) is 24.3 Å². The Morgan fingerprint density at radius 2 is 2.27 bits per heavy atom. The number of fused-ring (bicyclic) bond motifs is 1. The number of rotatable bonds is 5. The summed E-state index contributed by atoms with van der Waals surface area (Å²) in [5.41, 5.74) is 2.41. The Morgan fingerprint density at radius 1 is 1.41 bits per heavy atom. The molecule has 5 nitrogen and oxygen atoms in total. The van der Waals surface area contributed by atoms with Crippen molar-refractivity contribution < 1.29 is 14.1 Å². The van der Waals surface area contributed by atoms with Crippen LogP contribution in [0, 0.1) is 5.92 Å². The second-order valence-corrected chi connectivity index (χ2v) is 5.96. The summed E-state index contributed by atoms with van der Waals surface area (Å²) < 4.78 is 10.8. The summed E-state index contributed by atoms with van der Waals surface area (Å²) in [6.07, 6.45) is 1.71. The molecular weight excluding hydrogens is 280 g/mol. The number of hydrogen-bond donors (Lipinski definition) is 1. The van der Waals surface area contributed by atoms with Crippen LogP contribution in [0.5, 0.6) is 5.75 Å². The fourth-order valence-electron chi connectivity index (χ4n) is 2.60. The molecule has 116 valence electrons. The van der Waals surface area contributed by atoms with E-state index >= 15 is 0 Å². The number of hydrogen-bond acceptors (Lipinski definition) is 4. The minimum absolute atomic E-state index is 0.146. The molecule has 0 saturated heterocycles. The van der Waals surface area contributed by atoms with Crippen LogP contribution in [-0.2, 0) is 19.4 Å². The molecule has 5 heteroatoms. The molecular formula is C17H20N2O3. The number of carbonyl (C=O) groups is 1. The Hall–Kier alpha value is -2.30. The average Bonchev–Trinajstić information content (AvgIpc) is 3.12. The molecule has 0 unspecified atom stereocenters. The molecule has 1 amide bonds. The zero-order valence-electron chi connectivity index (χ0n) is 12.9. The Balaban J connectivity index is 1.63. The maximum Gasteiger partial charge on any atom is 0.255 e. The van der Waals surface area contributed by atoms with Gasteiger partial charge in [0.05, 0.1) is 18.7 Å². The summed E-state index contributed by atoms with van der Waals surface area (Å²) in [7, 11) is 0. The molecule has 1 aliphatic rings. The van der Waals surface area contributed by atoms with Crippen molar-refractivity contribution in [2.75, 3.05) is 6.61 Å². The lowest BCUT2D eigenvalue weighted by Crippen LogP contribution is -2.23. The number of amides is 1. The van der Waals surface area contributed by atoms with E-state index in [9.17, 15) is 4.79 Å². The van der Waals surface area contributed by atoms with E-state index in [-0.39, 0.29) is 5.91 Å². The van der Waals surface area contributed by atoms with Gasteiger partial charge in [-0.1, -0.05) is 31.1 Å². The van der Waals surface area contributed by atoms with Gasteiger partial charge in [0.15, 0.2) is 0 Å². The third-order valence-corrected chi connectivity index (χ3v) is 3.61. The monoisotopic (exact) mass is 300 g/mol. The lowest BCUT2D eigenvalue weighted by Gasteiger charge is -2.07. The van der Waals surface area contributed by atoms with Gasteiger partial charge in [-0.25, -0.2) is 0 Å². The highest BCUT2D eigenvalue weighted by Crippen LogP contribution is 2.29. The van der Waals surface area contributed by atoms with Crippen molar-refractivity contribution in [2.45, 2.75) is 33.2 Å². The van der Waals surface area contributed by atoms with Crippen molar-refractivity contribution in [1.29, 1.82) is 0 Å². The van der Waals surface area contributed by atoms with Crippen molar-refractivity contribution in [3.05, 3.63) is 46.8 Å². The Morgan fingerprint density at radius 3 is 3.09 bits per heavy atom. The molecule has 0 spiro atoms. The van der Waals surface area contributed by atoms with E-state index in [1.165, 1.54) is 0 Å². The van der Waals surface area contributed by atoms with Crippen molar-refractivity contribution in [1.82, 2.24) is 10.5 Å². The average molecular weight is 300 g/mol. The first-order chi connectivity index (χ1) is 10.6. The number of aromatic nitrogens is 1. The molecule has 1 aromatic carbocycles. The Bertz CT molecular complexity index is 676. The van der Waals surface area contributed by atoms with E-state index in [1.54, 1.807) is 6.07 Å². The molecule has 0 bridgehead atoms. The Labute approximate surface area is 129 Å². The topological polar surface area (TPSA) is 64.4 Å². The number of para-hydroxylation sites is 1. The summed E-state index contributed by atoms with van der Waals surface area (Å²) in [6.45, 7) is 5.24. The maximum absolute atomic E-state index is 12.3. The van der Waals surface area contributed by atoms with Gasteiger partial charge in [-0.3, -0.25) is 4.79 Å². The lowest BCUT2D eigenvalue weighted by molar-refractivity contribution is 0.0947. The van der Waals surface area contributed by atoms with Gasteiger partial charge in [0, 0.05) is 18.9 Å². The van der Waals surface area contributed by atoms with Crippen LogP contribution in [0.1, 0.15) is 41.2 Å². The molecule has 3 rings (SSSR count). The van der Waals surface area contributed by atoms with Crippen LogP contribution in [0.15, 0.2) is 28.8 Å². The zero-order chi connectivity index (χ0) is 15.5. The first-order valence-corrected chi connectivity index (χ1v) is 7.61. The molecule has 2 heterocycles. The van der Waals surface area contributed by atoms with Crippen LogP contribution in [0.4, 0.5) is 0 Å². The van der Waals surface area contributed by atoms with E-state index < -0.39 is 0 Å². The van der Waals surface area contributed by atoms with Gasteiger partial charge in [0.25, 0.3) is 5.91 Å².